The number of amides is 2. The Kier molecular flexibility index (Phi) is 7.11. The normalized spacial score (nSPS) is 19.3. The smallest absolute Gasteiger partial charge is 0.410 e. The maximum absolute atomic E-state index is 13.0. The third kappa shape index (κ3) is 5.85. The molecule has 1 fully saturated rings. The number of likely N-dealkylation sites (tertiary alicyclic amines) is 1. The average Bonchev–Trinajstić information content (AvgIpc) is 2.67. The molecule has 2 atom stereocenters. The van der Waals surface area contributed by atoms with Crippen molar-refractivity contribution in [2.45, 2.75) is 39.7 Å². The summed E-state index contributed by atoms with van der Waals surface area (Å²) in [7, 11) is 2.82. The van der Waals surface area contributed by atoms with Gasteiger partial charge in [-0.3, -0.25) is 9.59 Å². The molecule has 160 valence electrons. The van der Waals surface area contributed by atoms with Gasteiger partial charge in [-0.15, -0.1) is 0 Å². The molecule has 0 spiro atoms. The monoisotopic (exact) mass is 406 g/mol. The number of aryl methyl sites for hydroxylation is 1. The third-order valence-corrected chi connectivity index (χ3v) is 4.71. The van der Waals surface area contributed by atoms with Gasteiger partial charge in [0.1, 0.15) is 11.4 Å². The Bertz CT molecular complexity index is 771. The second-order valence-electron chi connectivity index (χ2n) is 8.18. The number of carbonyl (C=O) groups excluding carboxylic acids is 3. The summed E-state index contributed by atoms with van der Waals surface area (Å²) in [5, 5.41) is 2.89. The van der Waals surface area contributed by atoms with Crippen LogP contribution in [0.2, 0.25) is 0 Å². The van der Waals surface area contributed by atoms with Crippen LogP contribution in [-0.2, 0) is 19.1 Å². The number of piperidine rings is 1. The summed E-state index contributed by atoms with van der Waals surface area (Å²) in [6.07, 6.45) is -0.274. The second-order valence-corrected chi connectivity index (χ2v) is 8.18. The van der Waals surface area contributed by atoms with E-state index in [4.69, 9.17) is 14.2 Å². The maximum Gasteiger partial charge on any atom is 0.410 e. The van der Waals surface area contributed by atoms with E-state index >= 15 is 0 Å². The number of nitrogens with one attached hydrogen (secondary N) is 1. The number of anilines is 1. The molecule has 8 heteroatoms. The minimum absolute atomic E-state index is 0.152. The van der Waals surface area contributed by atoms with Crippen LogP contribution < -0.4 is 10.1 Å². The number of rotatable bonds is 4. The van der Waals surface area contributed by atoms with E-state index in [0.29, 0.717) is 11.4 Å². The first kappa shape index (κ1) is 22.5. The summed E-state index contributed by atoms with van der Waals surface area (Å²) >= 11 is 0. The van der Waals surface area contributed by atoms with Crippen LogP contribution in [0.3, 0.4) is 0 Å². The van der Waals surface area contributed by atoms with Crippen LogP contribution in [0.5, 0.6) is 5.75 Å². The fourth-order valence-corrected chi connectivity index (χ4v) is 3.30. The molecule has 1 N–H and O–H groups in total. The standard InChI is InChI=1S/C21H30N2O6/c1-13-8-7-9-16(27-5)17(13)22-18(24)14-10-15(19(25)28-6)12-23(11-14)20(26)29-21(2,3)4/h7-9,14-15H,10-12H2,1-6H3,(H,22,24)/t14-,15+/m0/s1. The minimum atomic E-state index is -0.679. The highest BCUT2D eigenvalue weighted by Crippen LogP contribution is 2.30. The topological polar surface area (TPSA) is 94.2 Å². The van der Waals surface area contributed by atoms with Crippen molar-refractivity contribution in [2.75, 3.05) is 32.6 Å². The molecule has 1 saturated heterocycles. The first-order valence-corrected chi connectivity index (χ1v) is 9.56. The second kappa shape index (κ2) is 9.15. The Labute approximate surface area is 171 Å². The van der Waals surface area contributed by atoms with Crippen molar-refractivity contribution in [3.63, 3.8) is 0 Å². The zero-order valence-corrected chi connectivity index (χ0v) is 17.9. The van der Waals surface area contributed by atoms with Gasteiger partial charge >= 0.3 is 12.1 Å². The fraction of sp³-hybridized carbons (Fsp3) is 0.571. The predicted octanol–water partition coefficient (Wildman–Crippen LogP) is 2.99. The molecule has 0 saturated carbocycles. The summed E-state index contributed by atoms with van der Waals surface area (Å²) < 4.78 is 15.6. The third-order valence-electron chi connectivity index (χ3n) is 4.71. The largest absolute Gasteiger partial charge is 0.495 e. The number of esters is 1. The number of benzene rings is 1. The van der Waals surface area contributed by atoms with Gasteiger partial charge in [0.15, 0.2) is 0 Å². The summed E-state index contributed by atoms with van der Waals surface area (Å²) in [6.45, 7) is 7.47. The Morgan fingerprint density at radius 3 is 2.34 bits per heavy atom. The lowest BCUT2D eigenvalue weighted by Gasteiger charge is -2.36. The van der Waals surface area contributed by atoms with Crippen LogP contribution in [0.1, 0.15) is 32.8 Å². The Morgan fingerprint density at radius 2 is 1.76 bits per heavy atom. The fourth-order valence-electron chi connectivity index (χ4n) is 3.30. The SMILES string of the molecule is COC(=O)[C@@H]1C[C@H](C(=O)Nc2c(C)cccc2OC)CN(C(=O)OC(C)(C)C)C1. The predicted molar refractivity (Wildman–Crippen MR) is 108 cm³/mol. The van der Waals surface area contributed by atoms with Crippen LogP contribution in [0, 0.1) is 18.8 Å². The van der Waals surface area contributed by atoms with Crippen molar-refractivity contribution < 1.29 is 28.6 Å². The zero-order chi connectivity index (χ0) is 21.8. The number of hydrogen-bond acceptors (Lipinski definition) is 6. The molecule has 1 heterocycles. The molecule has 29 heavy (non-hydrogen) atoms. The number of hydrogen-bond donors (Lipinski definition) is 1. The van der Waals surface area contributed by atoms with E-state index in [1.54, 1.807) is 26.8 Å². The van der Waals surface area contributed by atoms with E-state index in [2.05, 4.69) is 5.32 Å². The van der Waals surface area contributed by atoms with Gasteiger partial charge in [0, 0.05) is 13.1 Å². The molecule has 0 unspecified atom stereocenters. The van der Waals surface area contributed by atoms with Crippen LogP contribution in [0.4, 0.5) is 10.5 Å². The van der Waals surface area contributed by atoms with Gasteiger partial charge in [-0.25, -0.2) is 4.79 Å². The summed E-state index contributed by atoms with van der Waals surface area (Å²) in [5.41, 5.74) is 0.743. The maximum atomic E-state index is 13.0. The first-order valence-electron chi connectivity index (χ1n) is 9.56. The minimum Gasteiger partial charge on any atom is -0.495 e. The molecule has 0 bridgehead atoms. The van der Waals surface area contributed by atoms with E-state index in [-0.39, 0.29) is 25.4 Å². The van der Waals surface area contributed by atoms with E-state index in [0.717, 1.165) is 5.56 Å². The molecule has 1 aromatic rings. The van der Waals surface area contributed by atoms with Gasteiger partial charge in [-0.2, -0.15) is 0 Å². The Morgan fingerprint density at radius 1 is 1.10 bits per heavy atom. The highest BCUT2D eigenvalue weighted by molar-refractivity contribution is 5.95. The average molecular weight is 406 g/mol. The number of nitrogens with zero attached hydrogens (tertiary/aromatic N) is 1. The molecular formula is C21H30N2O6. The molecule has 2 amide bonds. The van der Waals surface area contributed by atoms with Crippen LogP contribution >= 0.6 is 0 Å². The lowest BCUT2D eigenvalue weighted by molar-refractivity contribution is -0.148. The zero-order valence-electron chi connectivity index (χ0n) is 17.9. The molecule has 0 aliphatic carbocycles. The highest BCUT2D eigenvalue weighted by Gasteiger charge is 2.39. The van der Waals surface area contributed by atoms with Crippen molar-refractivity contribution in [1.82, 2.24) is 4.90 Å². The first-order chi connectivity index (χ1) is 13.6. The van der Waals surface area contributed by atoms with Gasteiger partial charge in [-0.05, 0) is 45.7 Å². The molecular weight excluding hydrogens is 376 g/mol. The van der Waals surface area contributed by atoms with Gasteiger partial charge in [-0.1, -0.05) is 12.1 Å². The van der Waals surface area contributed by atoms with Gasteiger partial charge < -0.3 is 24.4 Å². The van der Waals surface area contributed by atoms with Crippen LogP contribution in [-0.4, -0.2) is 55.8 Å². The Balaban J connectivity index is 2.22. The molecule has 1 aromatic carbocycles. The molecule has 1 aliphatic rings. The lowest BCUT2D eigenvalue weighted by Crippen LogP contribution is -2.50. The van der Waals surface area contributed by atoms with E-state index in [1.165, 1.54) is 19.1 Å². The molecule has 1 aliphatic heterocycles. The summed E-state index contributed by atoms with van der Waals surface area (Å²) in [4.78, 5) is 39.1. The number of methoxy groups -OCH3 is 2. The molecule has 2 rings (SSSR count). The van der Waals surface area contributed by atoms with Crippen molar-refractivity contribution >= 4 is 23.7 Å². The number of para-hydroxylation sites is 1. The number of ether oxygens (including phenoxy) is 3. The van der Waals surface area contributed by atoms with Crippen molar-refractivity contribution in [2.24, 2.45) is 11.8 Å². The van der Waals surface area contributed by atoms with Gasteiger partial charge in [0.25, 0.3) is 0 Å². The van der Waals surface area contributed by atoms with Gasteiger partial charge in [0.2, 0.25) is 5.91 Å². The quantitative estimate of drug-likeness (QED) is 0.773. The van der Waals surface area contributed by atoms with E-state index in [9.17, 15) is 14.4 Å². The van der Waals surface area contributed by atoms with Crippen molar-refractivity contribution in [3.05, 3.63) is 23.8 Å². The summed E-state index contributed by atoms with van der Waals surface area (Å²) in [5.74, 6) is -1.40. The van der Waals surface area contributed by atoms with Crippen LogP contribution in [0.25, 0.3) is 0 Å². The van der Waals surface area contributed by atoms with Crippen molar-refractivity contribution in [3.8, 4) is 5.75 Å². The molecule has 0 radical (unpaired) electrons. The molecule has 0 aromatic heterocycles. The van der Waals surface area contributed by atoms with Crippen molar-refractivity contribution in [1.29, 1.82) is 0 Å². The molecule has 8 nitrogen and oxygen atoms in total. The highest BCUT2D eigenvalue weighted by atomic mass is 16.6. The van der Waals surface area contributed by atoms with Crippen LogP contribution in [0.15, 0.2) is 18.2 Å². The lowest BCUT2D eigenvalue weighted by atomic mass is 9.88. The van der Waals surface area contributed by atoms with E-state index in [1.807, 2.05) is 19.1 Å². The summed E-state index contributed by atoms with van der Waals surface area (Å²) in [6, 6.07) is 5.46. The van der Waals surface area contributed by atoms with E-state index < -0.39 is 29.5 Å². The number of carbonyl (C=O) groups is 3. The van der Waals surface area contributed by atoms with Gasteiger partial charge in [0.05, 0.1) is 31.7 Å². The Hall–Kier alpha value is -2.77.